The van der Waals surface area contributed by atoms with Crippen molar-refractivity contribution in [1.82, 2.24) is 19.6 Å². The summed E-state index contributed by atoms with van der Waals surface area (Å²) in [5, 5.41) is 20.0. The molecule has 2 heterocycles. The van der Waals surface area contributed by atoms with Gasteiger partial charge in [0.2, 0.25) is 0 Å². The van der Waals surface area contributed by atoms with Crippen LogP contribution < -0.4 is 10.6 Å². The van der Waals surface area contributed by atoms with Gasteiger partial charge in [-0.05, 0) is 73.7 Å². The second kappa shape index (κ2) is 15.9. The van der Waals surface area contributed by atoms with Crippen molar-refractivity contribution in [2.75, 3.05) is 30.3 Å². The van der Waals surface area contributed by atoms with Gasteiger partial charge in [0.1, 0.15) is 11.6 Å². The Bertz CT molecular complexity index is 1800. The molecule has 1 aliphatic heterocycles. The first-order valence-electron chi connectivity index (χ1n) is 16.6. The molecule has 0 unspecified atom stereocenters. The first kappa shape index (κ1) is 35.2. The third kappa shape index (κ3) is 8.32. The van der Waals surface area contributed by atoms with Gasteiger partial charge in [-0.15, -0.1) is 0 Å². The molecule has 5 rings (SSSR count). The maximum Gasteiger partial charge on any atom is 0.323 e. The molecule has 12 heteroatoms. The molecule has 0 saturated carbocycles. The van der Waals surface area contributed by atoms with Gasteiger partial charge in [-0.25, -0.2) is 18.3 Å². The summed E-state index contributed by atoms with van der Waals surface area (Å²) in [4.78, 5) is 44.4. The van der Waals surface area contributed by atoms with Gasteiger partial charge in [-0.2, -0.15) is 5.10 Å². The van der Waals surface area contributed by atoms with E-state index in [9.17, 15) is 28.3 Å². The van der Waals surface area contributed by atoms with Crippen molar-refractivity contribution in [3.63, 3.8) is 0 Å². The molecule has 10 nitrogen and oxygen atoms in total. The predicted octanol–water partition coefficient (Wildman–Crippen LogP) is 6.70. The van der Waals surface area contributed by atoms with Gasteiger partial charge >= 0.3 is 6.03 Å². The fraction of sp³-hybridized carbons (Fsp3) is 0.351. The van der Waals surface area contributed by atoms with Gasteiger partial charge in [0.05, 0.1) is 23.9 Å². The number of aliphatic hydroxyl groups is 1. The summed E-state index contributed by atoms with van der Waals surface area (Å²) >= 11 is 0. The lowest BCUT2D eigenvalue weighted by molar-refractivity contribution is 0.0544. The number of nitrogens with zero attached hydrogens (tertiary/aromatic N) is 4. The molecule has 4 amide bonds. The van der Waals surface area contributed by atoms with Gasteiger partial charge in [-0.1, -0.05) is 51.0 Å². The second-order valence-corrected chi connectivity index (χ2v) is 12.3. The lowest BCUT2D eigenvalue weighted by atomic mass is 9.93. The molecule has 4 aromatic rings. The molecule has 49 heavy (non-hydrogen) atoms. The normalized spacial score (nSPS) is 13.9. The van der Waals surface area contributed by atoms with Crippen LogP contribution in [-0.4, -0.2) is 68.3 Å². The van der Waals surface area contributed by atoms with E-state index in [0.29, 0.717) is 37.0 Å². The minimum atomic E-state index is -0.847. The average Bonchev–Trinajstić information content (AvgIpc) is 3.47. The molecule has 0 bridgehead atoms. The molecule has 0 spiro atoms. The van der Waals surface area contributed by atoms with Crippen LogP contribution in [0.3, 0.4) is 0 Å². The molecule has 1 atom stereocenters. The van der Waals surface area contributed by atoms with Crippen molar-refractivity contribution in [2.24, 2.45) is 0 Å². The van der Waals surface area contributed by atoms with Crippen molar-refractivity contribution in [3.8, 4) is 5.69 Å². The van der Waals surface area contributed by atoms with E-state index in [0.717, 1.165) is 48.9 Å². The number of hydrogen-bond donors (Lipinski definition) is 3. The van der Waals surface area contributed by atoms with E-state index in [-0.39, 0.29) is 41.7 Å². The predicted molar refractivity (Wildman–Crippen MR) is 184 cm³/mol. The van der Waals surface area contributed by atoms with Crippen LogP contribution in [0.1, 0.15) is 77.2 Å². The largest absolute Gasteiger partial charge is 0.394 e. The van der Waals surface area contributed by atoms with Crippen LogP contribution in [0.2, 0.25) is 0 Å². The summed E-state index contributed by atoms with van der Waals surface area (Å²) in [5.74, 6) is -2.29. The van der Waals surface area contributed by atoms with Crippen molar-refractivity contribution in [3.05, 3.63) is 106 Å². The molecule has 3 N–H and O–H groups in total. The molecule has 0 saturated heterocycles. The molecule has 258 valence electrons. The van der Waals surface area contributed by atoms with Gasteiger partial charge in [0, 0.05) is 42.8 Å². The number of unbranched alkanes of at least 4 members (excludes halogenated alkanes) is 2. The van der Waals surface area contributed by atoms with Crippen molar-refractivity contribution >= 4 is 29.2 Å². The first-order chi connectivity index (χ1) is 23.6. The third-order valence-corrected chi connectivity index (χ3v) is 8.62. The van der Waals surface area contributed by atoms with Crippen LogP contribution in [0, 0.1) is 18.6 Å². The molecule has 0 aliphatic carbocycles. The number of anilines is 2. The molecule has 0 fully saturated rings. The Morgan fingerprint density at radius 2 is 1.55 bits per heavy atom. The highest BCUT2D eigenvalue weighted by atomic mass is 19.1. The number of urea groups is 1. The van der Waals surface area contributed by atoms with E-state index in [1.165, 1.54) is 6.07 Å². The Labute approximate surface area is 284 Å². The molecular weight excluding hydrogens is 630 g/mol. The standard InChI is InChI=1S/C37H42F2N6O4/c1-4-6-14-43(15-7-5-2)36(48)33-16-24(3)45(42-33)34-13-12-29(40-37(49)41-30-19-27(38)18-28(39)20-30)21-32(34)35(47)44-22-26-11-9-8-10-25(26)17-31(44)23-46/h8-13,16,18-21,31,46H,4-7,14-15,17,22-23H2,1-3H3,(H2,40,41,49)/t31-/m0/s1. The minimum absolute atomic E-state index is 0.0861. The maximum atomic E-state index is 14.5. The summed E-state index contributed by atoms with van der Waals surface area (Å²) in [6, 6.07) is 15.5. The van der Waals surface area contributed by atoms with E-state index >= 15 is 0 Å². The zero-order chi connectivity index (χ0) is 35.1. The number of aliphatic hydroxyl groups excluding tert-OH is 1. The van der Waals surface area contributed by atoms with Crippen LogP contribution in [0.25, 0.3) is 5.69 Å². The Morgan fingerprint density at radius 3 is 2.20 bits per heavy atom. The number of amides is 4. The highest BCUT2D eigenvalue weighted by molar-refractivity contribution is 6.03. The van der Waals surface area contributed by atoms with Gasteiger partial charge in [0.15, 0.2) is 5.69 Å². The molecule has 1 aliphatic rings. The summed E-state index contributed by atoms with van der Waals surface area (Å²) in [5.41, 5.74) is 3.58. The number of fused-ring (bicyclic) bond motifs is 1. The minimum Gasteiger partial charge on any atom is -0.394 e. The average molecular weight is 673 g/mol. The lowest BCUT2D eigenvalue weighted by Gasteiger charge is -2.36. The monoisotopic (exact) mass is 672 g/mol. The van der Waals surface area contributed by atoms with Crippen LogP contribution in [-0.2, 0) is 13.0 Å². The van der Waals surface area contributed by atoms with Crippen molar-refractivity contribution in [2.45, 2.75) is 65.5 Å². The number of carbonyl (C=O) groups is 3. The van der Waals surface area contributed by atoms with Crippen LogP contribution in [0.5, 0.6) is 0 Å². The van der Waals surface area contributed by atoms with Gasteiger partial charge in [0.25, 0.3) is 11.8 Å². The number of benzene rings is 3. The second-order valence-electron chi connectivity index (χ2n) is 12.3. The quantitative estimate of drug-likeness (QED) is 0.155. The van der Waals surface area contributed by atoms with Crippen LogP contribution >= 0.6 is 0 Å². The summed E-state index contributed by atoms with van der Waals surface area (Å²) in [6.07, 6.45) is 4.09. The van der Waals surface area contributed by atoms with Crippen molar-refractivity contribution < 1.29 is 28.3 Å². The molecular formula is C37H42F2N6O4. The Hall–Kier alpha value is -5.10. The zero-order valence-corrected chi connectivity index (χ0v) is 28.0. The van der Waals surface area contributed by atoms with E-state index in [2.05, 4.69) is 29.6 Å². The number of hydrogen-bond acceptors (Lipinski definition) is 5. The fourth-order valence-corrected chi connectivity index (χ4v) is 6.03. The fourth-order valence-electron chi connectivity index (χ4n) is 6.03. The number of halogens is 2. The van der Waals surface area contributed by atoms with Gasteiger partial charge < -0.3 is 25.5 Å². The van der Waals surface area contributed by atoms with Crippen LogP contribution in [0.4, 0.5) is 25.0 Å². The summed E-state index contributed by atoms with van der Waals surface area (Å²) < 4.78 is 29.0. The zero-order valence-electron chi connectivity index (χ0n) is 28.0. The number of aromatic nitrogens is 2. The highest BCUT2D eigenvalue weighted by Crippen LogP contribution is 2.29. The number of nitrogens with one attached hydrogen (secondary N) is 2. The number of aryl methyl sites for hydroxylation is 1. The Morgan fingerprint density at radius 1 is 0.898 bits per heavy atom. The molecule has 3 aromatic carbocycles. The van der Waals surface area contributed by atoms with Crippen molar-refractivity contribution in [1.29, 1.82) is 0 Å². The Kier molecular flexibility index (Phi) is 11.4. The highest BCUT2D eigenvalue weighted by Gasteiger charge is 2.32. The smallest absolute Gasteiger partial charge is 0.323 e. The number of carbonyl (C=O) groups excluding carboxylic acids is 3. The first-order valence-corrected chi connectivity index (χ1v) is 16.6. The molecule has 1 aromatic heterocycles. The van der Waals surface area contributed by atoms with E-state index in [1.54, 1.807) is 34.7 Å². The summed E-state index contributed by atoms with van der Waals surface area (Å²) in [7, 11) is 0. The van der Waals surface area contributed by atoms with E-state index < -0.39 is 29.6 Å². The molecule has 0 radical (unpaired) electrons. The number of rotatable bonds is 12. The third-order valence-electron chi connectivity index (χ3n) is 8.62. The van der Waals surface area contributed by atoms with Crippen LogP contribution in [0.15, 0.2) is 66.7 Å². The SMILES string of the molecule is CCCCN(CCCC)C(=O)c1cc(C)n(-c2ccc(NC(=O)Nc3cc(F)cc(F)c3)cc2C(=O)N2Cc3ccccc3C[C@H]2CO)n1. The van der Waals surface area contributed by atoms with E-state index in [1.807, 2.05) is 29.2 Å². The Balaban J connectivity index is 1.51. The topological polar surface area (TPSA) is 120 Å². The van der Waals surface area contributed by atoms with Gasteiger partial charge in [-0.3, -0.25) is 9.59 Å². The van der Waals surface area contributed by atoms with E-state index in [4.69, 9.17) is 0 Å². The maximum absolute atomic E-state index is 14.5. The summed E-state index contributed by atoms with van der Waals surface area (Å²) in [6.45, 7) is 7.19. The lowest BCUT2D eigenvalue weighted by Crippen LogP contribution is -2.46.